The summed E-state index contributed by atoms with van der Waals surface area (Å²) in [4.78, 5) is 17.0. The lowest BCUT2D eigenvalue weighted by Crippen LogP contribution is -2.36. The Morgan fingerprint density at radius 2 is 1.96 bits per heavy atom. The third-order valence-corrected chi connectivity index (χ3v) is 5.90. The monoisotopic (exact) mass is 360 g/mol. The molecule has 0 aromatic heterocycles. The molecular weight excluding hydrogens is 332 g/mol. The topological polar surface area (TPSA) is 51.2 Å². The Balaban J connectivity index is 1.30. The first-order valence-electron chi connectivity index (χ1n) is 9.62. The molecule has 6 nitrogen and oxygen atoms in total. The van der Waals surface area contributed by atoms with Gasteiger partial charge in [-0.25, -0.2) is 0 Å². The molecule has 0 radical (unpaired) electrons. The molecule has 0 unspecified atom stereocenters. The van der Waals surface area contributed by atoms with E-state index in [4.69, 9.17) is 14.2 Å². The average molecular weight is 360 g/mol. The molecule has 4 rings (SSSR count). The van der Waals surface area contributed by atoms with Crippen LogP contribution in [0.4, 0.5) is 0 Å². The van der Waals surface area contributed by atoms with Crippen LogP contribution in [0.25, 0.3) is 0 Å². The lowest BCUT2D eigenvalue weighted by Gasteiger charge is -2.24. The Morgan fingerprint density at radius 3 is 2.73 bits per heavy atom. The van der Waals surface area contributed by atoms with Gasteiger partial charge in [-0.05, 0) is 38.1 Å². The van der Waals surface area contributed by atoms with E-state index in [2.05, 4.69) is 4.90 Å². The van der Waals surface area contributed by atoms with Crippen molar-refractivity contribution in [3.8, 4) is 11.5 Å². The van der Waals surface area contributed by atoms with E-state index in [-0.39, 0.29) is 18.6 Å². The number of para-hydroxylation sites is 2. The number of ether oxygens (including phenoxy) is 3. The summed E-state index contributed by atoms with van der Waals surface area (Å²) in [6.07, 6.45) is 2.82. The molecule has 3 aliphatic rings. The van der Waals surface area contributed by atoms with Crippen molar-refractivity contribution in [1.29, 1.82) is 0 Å². The van der Waals surface area contributed by atoms with Gasteiger partial charge in [0.15, 0.2) is 18.1 Å². The minimum absolute atomic E-state index is 0.0221. The first-order chi connectivity index (χ1) is 12.7. The number of methoxy groups -OCH3 is 1. The number of carbonyl (C=O) groups excluding carboxylic acids is 1. The molecular formula is C20H28N2O4. The predicted molar refractivity (Wildman–Crippen MR) is 97.5 cm³/mol. The van der Waals surface area contributed by atoms with Crippen molar-refractivity contribution in [3.63, 3.8) is 0 Å². The Morgan fingerprint density at radius 1 is 1.19 bits per heavy atom. The van der Waals surface area contributed by atoms with Crippen LogP contribution in [0, 0.1) is 11.8 Å². The number of amides is 1. The van der Waals surface area contributed by atoms with Gasteiger partial charge in [0.25, 0.3) is 5.91 Å². The summed E-state index contributed by atoms with van der Waals surface area (Å²) in [5.74, 6) is 2.28. The van der Waals surface area contributed by atoms with E-state index in [1.807, 2.05) is 29.2 Å². The summed E-state index contributed by atoms with van der Waals surface area (Å²) >= 11 is 0. The fourth-order valence-corrected chi connectivity index (χ4v) is 4.46. The molecule has 1 aromatic carbocycles. The van der Waals surface area contributed by atoms with Gasteiger partial charge < -0.3 is 24.0 Å². The highest BCUT2D eigenvalue weighted by Gasteiger charge is 2.45. The van der Waals surface area contributed by atoms with Crippen molar-refractivity contribution < 1.29 is 19.0 Å². The van der Waals surface area contributed by atoms with Crippen molar-refractivity contribution >= 4 is 5.91 Å². The molecule has 1 amide bonds. The first kappa shape index (κ1) is 17.6. The number of likely N-dealkylation sites (tertiary alicyclic amines) is 2. The van der Waals surface area contributed by atoms with Gasteiger partial charge in [-0.2, -0.15) is 0 Å². The lowest BCUT2D eigenvalue weighted by atomic mass is 9.93. The largest absolute Gasteiger partial charge is 0.493 e. The van der Waals surface area contributed by atoms with Crippen LogP contribution < -0.4 is 9.47 Å². The molecule has 3 atom stereocenters. The van der Waals surface area contributed by atoms with E-state index in [1.54, 1.807) is 7.11 Å². The van der Waals surface area contributed by atoms with Crippen LogP contribution in [0.1, 0.15) is 12.8 Å². The highest BCUT2D eigenvalue weighted by atomic mass is 16.5. The Kier molecular flexibility index (Phi) is 5.31. The van der Waals surface area contributed by atoms with Crippen LogP contribution in [0.3, 0.4) is 0 Å². The molecule has 3 heterocycles. The summed E-state index contributed by atoms with van der Waals surface area (Å²) in [6.45, 7) is 5.89. The van der Waals surface area contributed by atoms with E-state index in [0.717, 1.165) is 19.7 Å². The molecule has 3 fully saturated rings. The van der Waals surface area contributed by atoms with Gasteiger partial charge in [0.2, 0.25) is 0 Å². The van der Waals surface area contributed by atoms with E-state index >= 15 is 0 Å². The summed E-state index contributed by atoms with van der Waals surface area (Å²) in [5.41, 5.74) is 0. The molecule has 142 valence electrons. The van der Waals surface area contributed by atoms with E-state index < -0.39 is 0 Å². The smallest absolute Gasteiger partial charge is 0.260 e. The van der Waals surface area contributed by atoms with Crippen molar-refractivity contribution in [2.75, 3.05) is 53.0 Å². The summed E-state index contributed by atoms with van der Waals surface area (Å²) in [7, 11) is 1.60. The average Bonchev–Trinajstić information content (AvgIpc) is 3.39. The van der Waals surface area contributed by atoms with Gasteiger partial charge in [0.1, 0.15) is 0 Å². The van der Waals surface area contributed by atoms with Gasteiger partial charge in [-0.1, -0.05) is 12.1 Å². The Bertz CT molecular complexity index is 632. The van der Waals surface area contributed by atoms with E-state index in [1.165, 1.54) is 25.9 Å². The number of carbonyl (C=O) groups is 1. The van der Waals surface area contributed by atoms with Crippen LogP contribution in [0.15, 0.2) is 24.3 Å². The second-order valence-electron chi connectivity index (χ2n) is 7.54. The number of nitrogens with zero attached hydrogens (tertiary/aromatic N) is 2. The summed E-state index contributed by atoms with van der Waals surface area (Å²) < 4.78 is 17.0. The first-order valence-corrected chi connectivity index (χ1v) is 9.62. The van der Waals surface area contributed by atoms with Gasteiger partial charge in [0, 0.05) is 31.5 Å². The third kappa shape index (κ3) is 3.67. The van der Waals surface area contributed by atoms with Gasteiger partial charge in [-0.15, -0.1) is 0 Å². The summed E-state index contributed by atoms with van der Waals surface area (Å²) in [5, 5.41) is 0. The molecule has 3 saturated heterocycles. The zero-order valence-electron chi connectivity index (χ0n) is 15.4. The Hall–Kier alpha value is -1.79. The molecule has 6 heteroatoms. The number of hydrogen-bond donors (Lipinski definition) is 0. The van der Waals surface area contributed by atoms with Gasteiger partial charge in [0.05, 0.1) is 19.8 Å². The van der Waals surface area contributed by atoms with Crippen LogP contribution in [-0.2, 0) is 9.53 Å². The number of fused-ring (bicyclic) bond motifs is 1. The van der Waals surface area contributed by atoms with Crippen LogP contribution in [0.2, 0.25) is 0 Å². The molecule has 3 aliphatic heterocycles. The highest BCUT2D eigenvalue weighted by molar-refractivity contribution is 5.78. The van der Waals surface area contributed by atoms with Gasteiger partial charge in [-0.3, -0.25) is 4.79 Å². The number of hydrogen-bond acceptors (Lipinski definition) is 5. The predicted octanol–water partition coefficient (Wildman–Crippen LogP) is 1.64. The second kappa shape index (κ2) is 7.84. The zero-order chi connectivity index (χ0) is 17.9. The molecule has 0 bridgehead atoms. The van der Waals surface area contributed by atoms with E-state index in [9.17, 15) is 4.79 Å². The fourth-order valence-electron chi connectivity index (χ4n) is 4.46. The molecule has 1 aromatic rings. The maximum atomic E-state index is 12.6. The second-order valence-corrected chi connectivity index (χ2v) is 7.54. The van der Waals surface area contributed by atoms with Crippen LogP contribution >= 0.6 is 0 Å². The molecule has 0 aliphatic carbocycles. The summed E-state index contributed by atoms with van der Waals surface area (Å²) in [6, 6.07) is 7.41. The minimum atomic E-state index is 0.0221. The van der Waals surface area contributed by atoms with E-state index in [0.29, 0.717) is 29.9 Å². The van der Waals surface area contributed by atoms with Gasteiger partial charge >= 0.3 is 0 Å². The highest BCUT2D eigenvalue weighted by Crippen LogP contribution is 2.35. The quantitative estimate of drug-likeness (QED) is 0.772. The SMILES string of the molecule is COc1ccccc1OCC(=O)N1C[C@H]2[C@H](CN3CCCC3)CO[C@H]2C1. The van der Waals surface area contributed by atoms with Crippen LogP contribution in [0.5, 0.6) is 11.5 Å². The molecule has 0 saturated carbocycles. The van der Waals surface area contributed by atoms with Crippen molar-refractivity contribution in [3.05, 3.63) is 24.3 Å². The standard InChI is InChI=1S/C20H28N2O4/c1-24-17-6-2-3-7-18(17)26-14-20(23)22-11-16-15(13-25-19(16)12-22)10-21-8-4-5-9-21/h2-3,6-7,15-16,19H,4-5,8-14H2,1H3/t15-,16+,19+/m1/s1. The lowest BCUT2D eigenvalue weighted by molar-refractivity contribution is -0.133. The molecule has 0 N–H and O–H groups in total. The molecule has 26 heavy (non-hydrogen) atoms. The Labute approximate surface area is 155 Å². The fraction of sp³-hybridized carbons (Fsp3) is 0.650. The van der Waals surface area contributed by atoms with Crippen molar-refractivity contribution in [2.45, 2.75) is 18.9 Å². The van der Waals surface area contributed by atoms with Crippen molar-refractivity contribution in [2.24, 2.45) is 11.8 Å². The molecule has 0 spiro atoms. The number of rotatable bonds is 6. The maximum absolute atomic E-state index is 12.6. The van der Waals surface area contributed by atoms with Crippen LogP contribution in [-0.4, -0.2) is 74.9 Å². The number of benzene rings is 1. The minimum Gasteiger partial charge on any atom is -0.493 e. The third-order valence-electron chi connectivity index (χ3n) is 5.90. The van der Waals surface area contributed by atoms with Crippen molar-refractivity contribution in [1.82, 2.24) is 9.80 Å². The zero-order valence-corrected chi connectivity index (χ0v) is 15.4. The maximum Gasteiger partial charge on any atom is 0.260 e. The normalized spacial score (nSPS) is 28.3.